The van der Waals surface area contributed by atoms with Crippen LogP contribution in [0.3, 0.4) is 0 Å². The lowest BCUT2D eigenvalue weighted by Gasteiger charge is -2.18. The molecule has 140 valence electrons. The average molecular weight is 355 g/mol. The Kier molecular flexibility index (Phi) is 7.07. The third-order valence-electron chi connectivity index (χ3n) is 4.57. The van der Waals surface area contributed by atoms with Crippen LogP contribution in [0.25, 0.3) is 0 Å². The van der Waals surface area contributed by atoms with Crippen molar-refractivity contribution >= 4 is 5.91 Å². The Bertz CT molecular complexity index is 723. The van der Waals surface area contributed by atoms with Gasteiger partial charge in [0, 0.05) is 12.0 Å². The molecule has 0 spiro atoms. The van der Waals surface area contributed by atoms with Gasteiger partial charge in [-0.15, -0.1) is 0 Å². The van der Waals surface area contributed by atoms with Gasteiger partial charge in [0.15, 0.2) is 0 Å². The number of carbonyl (C=O) groups is 1. The Balaban J connectivity index is 1.94. The highest BCUT2D eigenvalue weighted by molar-refractivity contribution is 5.76. The van der Waals surface area contributed by atoms with Crippen LogP contribution in [-0.4, -0.2) is 20.1 Å². The van der Waals surface area contributed by atoms with Crippen molar-refractivity contribution in [3.8, 4) is 11.5 Å². The second-order valence-corrected chi connectivity index (χ2v) is 6.79. The standard InChI is InChI=1S/C22H29NO3/c1-15(2)18-9-6-17(7-10-18)8-13-22(24)23-16(3)20-14-19(25-4)11-12-21(20)26-5/h6-7,9-12,14-16H,8,13H2,1-5H3,(H,23,24)/t16-/m1/s1. The van der Waals surface area contributed by atoms with E-state index in [4.69, 9.17) is 9.47 Å². The lowest BCUT2D eigenvalue weighted by atomic mass is 10.00. The van der Waals surface area contributed by atoms with Crippen molar-refractivity contribution in [3.05, 3.63) is 59.2 Å². The average Bonchev–Trinajstić information content (AvgIpc) is 2.66. The highest BCUT2D eigenvalue weighted by Gasteiger charge is 2.15. The molecule has 0 heterocycles. The van der Waals surface area contributed by atoms with Crippen molar-refractivity contribution in [1.82, 2.24) is 5.32 Å². The smallest absolute Gasteiger partial charge is 0.220 e. The third-order valence-corrected chi connectivity index (χ3v) is 4.57. The Morgan fingerprint density at radius 3 is 2.27 bits per heavy atom. The fourth-order valence-corrected chi connectivity index (χ4v) is 2.90. The molecule has 1 amide bonds. The Hall–Kier alpha value is -2.49. The van der Waals surface area contributed by atoms with Gasteiger partial charge in [-0.2, -0.15) is 0 Å². The molecule has 2 aromatic carbocycles. The van der Waals surface area contributed by atoms with Crippen molar-refractivity contribution in [2.24, 2.45) is 0 Å². The molecule has 0 aliphatic rings. The quantitative estimate of drug-likeness (QED) is 0.750. The first-order valence-corrected chi connectivity index (χ1v) is 9.04. The maximum atomic E-state index is 12.3. The summed E-state index contributed by atoms with van der Waals surface area (Å²) >= 11 is 0. The molecule has 0 bridgehead atoms. The van der Waals surface area contributed by atoms with E-state index in [1.165, 1.54) is 11.1 Å². The topological polar surface area (TPSA) is 47.6 Å². The number of ether oxygens (including phenoxy) is 2. The lowest BCUT2D eigenvalue weighted by Crippen LogP contribution is -2.27. The van der Waals surface area contributed by atoms with E-state index in [2.05, 4.69) is 43.4 Å². The highest BCUT2D eigenvalue weighted by atomic mass is 16.5. The predicted octanol–water partition coefficient (Wildman–Crippen LogP) is 4.64. The molecule has 1 atom stereocenters. The predicted molar refractivity (Wildman–Crippen MR) is 105 cm³/mol. The molecule has 0 aromatic heterocycles. The summed E-state index contributed by atoms with van der Waals surface area (Å²) in [6.07, 6.45) is 1.18. The van der Waals surface area contributed by atoms with Crippen LogP contribution in [0.1, 0.15) is 55.8 Å². The van der Waals surface area contributed by atoms with Gasteiger partial charge in [-0.25, -0.2) is 0 Å². The van der Waals surface area contributed by atoms with Crippen molar-refractivity contribution in [2.75, 3.05) is 14.2 Å². The second kappa shape index (κ2) is 9.27. The van der Waals surface area contributed by atoms with Crippen LogP contribution in [0.4, 0.5) is 0 Å². The van der Waals surface area contributed by atoms with Crippen LogP contribution in [0, 0.1) is 0 Å². The minimum absolute atomic E-state index is 0.0234. The van der Waals surface area contributed by atoms with E-state index in [1.807, 2.05) is 25.1 Å². The first-order chi connectivity index (χ1) is 12.4. The maximum Gasteiger partial charge on any atom is 0.220 e. The van der Waals surface area contributed by atoms with Gasteiger partial charge in [0.1, 0.15) is 11.5 Å². The van der Waals surface area contributed by atoms with Crippen LogP contribution in [0.15, 0.2) is 42.5 Å². The van der Waals surface area contributed by atoms with E-state index >= 15 is 0 Å². The van der Waals surface area contributed by atoms with E-state index in [-0.39, 0.29) is 11.9 Å². The molecule has 0 fully saturated rings. The first-order valence-electron chi connectivity index (χ1n) is 9.04. The Morgan fingerprint density at radius 1 is 1.00 bits per heavy atom. The van der Waals surface area contributed by atoms with E-state index < -0.39 is 0 Å². The van der Waals surface area contributed by atoms with Gasteiger partial charge in [-0.3, -0.25) is 4.79 Å². The van der Waals surface area contributed by atoms with Gasteiger partial charge in [-0.1, -0.05) is 38.1 Å². The van der Waals surface area contributed by atoms with Crippen LogP contribution < -0.4 is 14.8 Å². The molecular formula is C22H29NO3. The molecule has 0 saturated carbocycles. The third kappa shape index (κ3) is 5.25. The number of amides is 1. The molecule has 4 heteroatoms. The van der Waals surface area contributed by atoms with Crippen molar-refractivity contribution in [3.63, 3.8) is 0 Å². The van der Waals surface area contributed by atoms with Crippen LogP contribution in [-0.2, 0) is 11.2 Å². The van der Waals surface area contributed by atoms with Crippen molar-refractivity contribution < 1.29 is 14.3 Å². The van der Waals surface area contributed by atoms with E-state index in [0.717, 1.165) is 23.5 Å². The summed E-state index contributed by atoms with van der Waals surface area (Å²) in [5.41, 5.74) is 3.40. The summed E-state index contributed by atoms with van der Waals surface area (Å²) in [5, 5.41) is 3.05. The number of aryl methyl sites for hydroxylation is 1. The molecule has 0 unspecified atom stereocenters. The number of hydrogen-bond donors (Lipinski definition) is 1. The molecule has 2 rings (SSSR count). The zero-order valence-electron chi connectivity index (χ0n) is 16.3. The van der Waals surface area contributed by atoms with Crippen LogP contribution in [0.5, 0.6) is 11.5 Å². The van der Waals surface area contributed by atoms with Crippen LogP contribution >= 0.6 is 0 Å². The highest BCUT2D eigenvalue weighted by Crippen LogP contribution is 2.29. The zero-order valence-corrected chi connectivity index (χ0v) is 16.3. The fourth-order valence-electron chi connectivity index (χ4n) is 2.90. The lowest BCUT2D eigenvalue weighted by molar-refractivity contribution is -0.121. The molecule has 0 saturated heterocycles. The molecular weight excluding hydrogens is 326 g/mol. The minimum atomic E-state index is -0.157. The monoisotopic (exact) mass is 355 g/mol. The van der Waals surface area contributed by atoms with Gasteiger partial charge >= 0.3 is 0 Å². The second-order valence-electron chi connectivity index (χ2n) is 6.79. The Labute approximate surface area is 156 Å². The normalized spacial score (nSPS) is 11.9. The molecule has 0 aliphatic heterocycles. The Morgan fingerprint density at radius 2 is 1.69 bits per heavy atom. The van der Waals surface area contributed by atoms with Crippen molar-refractivity contribution in [1.29, 1.82) is 0 Å². The number of methoxy groups -OCH3 is 2. The van der Waals surface area contributed by atoms with Gasteiger partial charge in [0.25, 0.3) is 0 Å². The summed E-state index contributed by atoms with van der Waals surface area (Å²) in [6, 6.07) is 13.9. The zero-order chi connectivity index (χ0) is 19.1. The summed E-state index contributed by atoms with van der Waals surface area (Å²) < 4.78 is 10.7. The van der Waals surface area contributed by atoms with Crippen molar-refractivity contribution in [2.45, 2.75) is 45.6 Å². The molecule has 2 aromatic rings. The summed E-state index contributed by atoms with van der Waals surface area (Å²) in [6.45, 7) is 6.31. The SMILES string of the molecule is COc1ccc(OC)c([C@@H](C)NC(=O)CCc2ccc(C(C)C)cc2)c1. The molecule has 1 N–H and O–H groups in total. The van der Waals surface area contributed by atoms with Gasteiger partial charge in [0.2, 0.25) is 5.91 Å². The van der Waals surface area contributed by atoms with Crippen LogP contribution in [0.2, 0.25) is 0 Å². The fraction of sp³-hybridized carbons (Fsp3) is 0.409. The molecule has 0 radical (unpaired) electrons. The minimum Gasteiger partial charge on any atom is -0.497 e. The number of hydrogen-bond acceptors (Lipinski definition) is 3. The van der Waals surface area contributed by atoms with Gasteiger partial charge < -0.3 is 14.8 Å². The number of benzene rings is 2. The first kappa shape index (κ1) is 19.8. The number of rotatable bonds is 8. The van der Waals surface area contributed by atoms with Gasteiger partial charge in [-0.05, 0) is 48.6 Å². The van der Waals surface area contributed by atoms with E-state index in [0.29, 0.717) is 12.3 Å². The summed E-state index contributed by atoms with van der Waals surface area (Å²) in [7, 11) is 3.25. The molecule has 26 heavy (non-hydrogen) atoms. The van der Waals surface area contributed by atoms with E-state index in [1.54, 1.807) is 14.2 Å². The molecule has 0 aliphatic carbocycles. The molecule has 4 nitrogen and oxygen atoms in total. The van der Waals surface area contributed by atoms with E-state index in [9.17, 15) is 4.79 Å². The number of carbonyl (C=O) groups excluding carboxylic acids is 1. The largest absolute Gasteiger partial charge is 0.497 e. The summed E-state index contributed by atoms with van der Waals surface area (Å²) in [5.74, 6) is 2.02. The maximum absolute atomic E-state index is 12.3. The summed E-state index contributed by atoms with van der Waals surface area (Å²) in [4.78, 5) is 12.3. The van der Waals surface area contributed by atoms with Gasteiger partial charge in [0.05, 0.1) is 20.3 Å². The number of nitrogens with one attached hydrogen (secondary N) is 1.